The first-order chi connectivity index (χ1) is 10.1. The first kappa shape index (κ1) is 13.3. The third-order valence-electron chi connectivity index (χ3n) is 3.37. The van der Waals surface area contributed by atoms with Crippen LogP contribution in [0, 0.1) is 0 Å². The normalized spacial score (nSPS) is 13.2. The van der Waals surface area contributed by atoms with E-state index in [2.05, 4.69) is 0 Å². The molecule has 1 aromatic heterocycles. The second-order valence-electron chi connectivity index (χ2n) is 4.83. The lowest BCUT2D eigenvalue weighted by Crippen LogP contribution is -2.38. The number of hydrogen-bond donors (Lipinski definition) is 1. The molecular weight excluding hydrogens is 274 g/mol. The van der Waals surface area contributed by atoms with E-state index in [-0.39, 0.29) is 12.1 Å². The lowest BCUT2D eigenvalue weighted by molar-refractivity contribution is 0.171. The summed E-state index contributed by atoms with van der Waals surface area (Å²) in [5.41, 5.74) is 6.31. The Balaban J connectivity index is 2.05. The molecule has 1 aliphatic heterocycles. The van der Waals surface area contributed by atoms with Crippen molar-refractivity contribution in [1.82, 2.24) is 9.13 Å². The van der Waals surface area contributed by atoms with Crippen molar-refractivity contribution in [3.63, 3.8) is 0 Å². The minimum absolute atomic E-state index is 0.0921. The Hall–Kier alpha value is -2.70. The Bertz CT molecular complexity index is 807. The molecule has 1 aliphatic rings. The number of ether oxygens (including phenoxy) is 2. The van der Waals surface area contributed by atoms with Crippen molar-refractivity contribution >= 4 is 5.69 Å². The van der Waals surface area contributed by atoms with Crippen LogP contribution >= 0.6 is 0 Å². The zero-order valence-electron chi connectivity index (χ0n) is 11.5. The molecule has 0 fully saturated rings. The first-order valence-corrected chi connectivity index (χ1v) is 6.51. The van der Waals surface area contributed by atoms with E-state index in [0.29, 0.717) is 36.0 Å². The summed E-state index contributed by atoms with van der Waals surface area (Å²) >= 11 is 0. The van der Waals surface area contributed by atoms with Gasteiger partial charge in [-0.25, -0.2) is 4.79 Å². The Labute approximate surface area is 120 Å². The van der Waals surface area contributed by atoms with Crippen molar-refractivity contribution in [2.75, 3.05) is 18.9 Å². The second kappa shape index (κ2) is 5.01. The molecule has 7 heteroatoms. The van der Waals surface area contributed by atoms with Gasteiger partial charge in [-0.05, 0) is 11.6 Å². The maximum Gasteiger partial charge on any atom is 0.331 e. The molecule has 0 radical (unpaired) electrons. The highest BCUT2D eigenvalue weighted by Crippen LogP contribution is 2.34. The van der Waals surface area contributed by atoms with E-state index in [4.69, 9.17) is 15.2 Å². The van der Waals surface area contributed by atoms with Gasteiger partial charge in [0, 0.05) is 31.1 Å². The number of benzene rings is 1. The van der Waals surface area contributed by atoms with Crippen molar-refractivity contribution in [1.29, 1.82) is 0 Å². The summed E-state index contributed by atoms with van der Waals surface area (Å²) in [7, 11) is 1.59. The summed E-state index contributed by atoms with van der Waals surface area (Å²) in [6, 6.07) is 4.71. The molecule has 1 aromatic carbocycles. The smallest absolute Gasteiger partial charge is 0.331 e. The number of anilines is 1. The van der Waals surface area contributed by atoms with Gasteiger partial charge in [0.25, 0.3) is 5.56 Å². The highest BCUT2D eigenvalue weighted by Gasteiger charge is 2.15. The molecule has 110 valence electrons. The van der Waals surface area contributed by atoms with Gasteiger partial charge in [0.1, 0.15) is 13.2 Å². The van der Waals surface area contributed by atoms with Gasteiger partial charge in [-0.3, -0.25) is 9.36 Å². The van der Waals surface area contributed by atoms with Crippen molar-refractivity contribution < 1.29 is 9.47 Å². The van der Waals surface area contributed by atoms with Gasteiger partial charge in [-0.15, -0.1) is 0 Å². The predicted molar refractivity (Wildman–Crippen MR) is 76.9 cm³/mol. The fourth-order valence-electron chi connectivity index (χ4n) is 2.21. The Morgan fingerprint density at radius 1 is 1.19 bits per heavy atom. The number of rotatable bonds is 2. The minimum Gasteiger partial charge on any atom is -0.486 e. The Kier molecular flexibility index (Phi) is 3.17. The first-order valence-electron chi connectivity index (χ1n) is 6.51. The van der Waals surface area contributed by atoms with Gasteiger partial charge in [-0.1, -0.05) is 0 Å². The zero-order valence-corrected chi connectivity index (χ0v) is 11.5. The van der Waals surface area contributed by atoms with Gasteiger partial charge in [-0.2, -0.15) is 0 Å². The number of hydrogen-bond acceptors (Lipinski definition) is 5. The van der Waals surface area contributed by atoms with E-state index in [1.165, 1.54) is 16.8 Å². The standard InChI is InChI=1S/C14H15N3O4/c1-16-3-2-13(18)17(14(16)19)8-9-6-11-12(7-10(9)15)21-5-4-20-11/h2-3,6-7H,4-5,8,15H2,1H3. The van der Waals surface area contributed by atoms with Crippen LogP contribution in [-0.2, 0) is 13.6 Å². The molecule has 0 aliphatic carbocycles. The van der Waals surface area contributed by atoms with E-state index in [0.717, 1.165) is 4.57 Å². The number of aryl methyl sites for hydroxylation is 1. The van der Waals surface area contributed by atoms with Crippen molar-refractivity contribution in [3.8, 4) is 11.5 Å². The van der Waals surface area contributed by atoms with Crippen molar-refractivity contribution in [2.24, 2.45) is 7.05 Å². The Morgan fingerprint density at radius 2 is 1.86 bits per heavy atom. The number of aromatic nitrogens is 2. The molecule has 0 amide bonds. The largest absolute Gasteiger partial charge is 0.486 e. The third kappa shape index (κ3) is 2.37. The average molecular weight is 289 g/mol. The molecule has 0 atom stereocenters. The molecule has 2 aromatic rings. The number of nitrogen functional groups attached to an aromatic ring is 1. The summed E-state index contributed by atoms with van der Waals surface area (Å²) in [5, 5.41) is 0. The van der Waals surface area contributed by atoms with Crippen LogP contribution in [0.15, 0.2) is 34.0 Å². The highest BCUT2D eigenvalue weighted by atomic mass is 16.6. The van der Waals surface area contributed by atoms with E-state index < -0.39 is 5.69 Å². The van der Waals surface area contributed by atoms with E-state index >= 15 is 0 Å². The molecule has 21 heavy (non-hydrogen) atoms. The molecule has 0 spiro atoms. The molecule has 3 rings (SSSR count). The van der Waals surface area contributed by atoms with E-state index in [1.54, 1.807) is 19.2 Å². The van der Waals surface area contributed by atoms with Crippen LogP contribution in [0.4, 0.5) is 5.69 Å². The molecule has 7 nitrogen and oxygen atoms in total. The van der Waals surface area contributed by atoms with E-state index in [9.17, 15) is 9.59 Å². The lowest BCUT2D eigenvalue weighted by Gasteiger charge is -2.20. The fraction of sp³-hybridized carbons (Fsp3) is 0.286. The van der Waals surface area contributed by atoms with Crippen LogP contribution in [0.1, 0.15) is 5.56 Å². The fourth-order valence-corrected chi connectivity index (χ4v) is 2.21. The highest BCUT2D eigenvalue weighted by molar-refractivity contribution is 5.58. The molecule has 0 unspecified atom stereocenters. The van der Waals surface area contributed by atoms with Gasteiger partial charge in [0.2, 0.25) is 0 Å². The maximum atomic E-state index is 12.0. The van der Waals surface area contributed by atoms with Crippen molar-refractivity contribution in [2.45, 2.75) is 6.54 Å². The van der Waals surface area contributed by atoms with Crippen LogP contribution in [0.5, 0.6) is 11.5 Å². The molecular formula is C14H15N3O4. The van der Waals surface area contributed by atoms with Gasteiger partial charge in [0.05, 0.1) is 6.54 Å². The molecule has 0 saturated carbocycles. The molecule has 0 saturated heterocycles. The third-order valence-corrected chi connectivity index (χ3v) is 3.37. The average Bonchev–Trinajstić information content (AvgIpc) is 2.48. The van der Waals surface area contributed by atoms with Crippen LogP contribution < -0.4 is 26.5 Å². The molecule has 2 heterocycles. The summed E-state index contributed by atoms with van der Waals surface area (Å²) in [4.78, 5) is 23.9. The van der Waals surface area contributed by atoms with Crippen molar-refractivity contribution in [3.05, 3.63) is 50.8 Å². The second-order valence-corrected chi connectivity index (χ2v) is 4.83. The van der Waals surface area contributed by atoms with Gasteiger partial charge < -0.3 is 19.8 Å². The molecule has 0 bridgehead atoms. The number of nitrogens with zero attached hydrogens (tertiary/aromatic N) is 2. The van der Waals surface area contributed by atoms with Gasteiger partial charge >= 0.3 is 5.69 Å². The number of nitrogens with two attached hydrogens (primary N) is 1. The minimum atomic E-state index is -0.392. The summed E-state index contributed by atoms with van der Waals surface area (Å²) in [6.45, 7) is 1.03. The maximum absolute atomic E-state index is 12.0. The number of fused-ring (bicyclic) bond motifs is 1. The van der Waals surface area contributed by atoms with Crippen LogP contribution in [0.2, 0.25) is 0 Å². The monoisotopic (exact) mass is 289 g/mol. The summed E-state index contributed by atoms with van der Waals surface area (Å²) in [6.07, 6.45) is 1.44. The lowest BCUT2D eigenvalue weighted by atomic mass is 10.1. The summed E-state index contributed by atoms with van der Waals surface area (Å²) in [5.74, 6) is 1.15. The zero-order chi connectivity index (χ0) is 15.0. The quantitative estimate of drug-likeness (QED) is 0.783. The van der Waals surface area contributed by atoms with Crippen LogP contribution in [-0.4, -0.2) is 22.3 Å². The SMILES string of the molecule is Cn1ccc(=O)n(Cc2cc3c(cc2N)OCCO3)c1=O. The van der Waals surface area contributed by atoms with E-state index in [1.807, 2.05) is 0 Å². The molecule has 2 N–H and O–H groups in total. The van der Waals surface area contributed by atoms with Crippen LogP contribution in [0.3, 0.4) is 0 Å². The topological polar surface area (TPSA) is 88.5 Å². The van der Waals surface area contributed by atoms with Crippen LogP contribution in [0.25, 0.3) is 0 Å². The summed E-state index contributed by atoms with van der Waals surface area (Å²) < 4.78 is 13.4. The van der Waals surface area contributed by atoms with Gasteiger partial charge in [0.15, 0.2) is 11.5 Å². The Morgan fingerprint density at radius 3 is 2.57 bits per heavy atom. The predicted octanol–water partition coefficient (Wildman–Crippen LogP) is -0.0513.